The van der Waals surface area contributed by atoms with Crippen molar-refractivity contribution >= 4 is 18.0 Å². The molecule has 6 nitrogen and oxygen atoms in total. The highest BCUT2D eigenvalue weighted by Crippen LogP contribution is 2.34. The van der Waals surface area contributed by atoms with Crippen LogP contribution in [-0.2, 0) is 20.9 Å². The number of esters is 1. The highest BCUT2D eigenvalue weighted by Gasteiger charge is 2.37. The molecule has 0 bridgehead atoms. The van der Waals surface area contributed by atoms with Gasteiger partial charge in [0, 0.05) is 22.8 Å². The smallest absolute Gasteiger partial charge is 0.340 e. The standard InChI is InChI=1S/C30H32N2O4/c1-18-12-19(2)14-25(13-18)32-20(3)15-24(21(32)4)16-27-28(30(34)36-7)22(5)31(29(27)33)17-23-8-10-26(35-6)11-9-23/h8-16H,17H2,1-7H3/b27-16-. The van der Waals surface area contributed by atoms with Gasteiger partial charge in [-0.25, -0.2) is 4.79 Å². The van der Waals surface area contributed by atoms with Crippen molar-refractivity contribution in [2.75, 3.05) is 14.2 Å². The van der Waals surface area contributed by atoms with E-state index in [4.69, 9.17) is 9.47 Å². The number of rotatable bonds is 6. The molecule has 0 aliphatic carbocycles. The second-order valence-electron chi connectivity index (χ2n) is 9.26. The van der Waals surface area contributed by atoms with Gasteiger partial charge in [-0.15, -0.1) is 0 Å². The van der Waals surface area contributed by atoms with Crippen molar-refractivity contribution < 1.29 is 19.1 Å². The van der Waals surface area contributed by atoms with Gasteiger partial charge in [-0.05, 0) is 93.3 Å². The Morgan fingerprint density at radius 2 is 1.56 bits per heavy atom. The van der Waals surface area contributed by atoms with E-state index < -0.39 is 5.97 Å². The Hall–Kier alpha value is -4.06. The zero-order chi connectivity index (χ0) is 26.1. The van der Waals surface area contributed by atoms with Gasteiger partial charge in [0.15, 0.2) is 0 Å². The van der Waals surface area contributed by atoms with Crippen LogP contribution < -0.4 is 4.74 Å². The highest BCUT2D eigenvalue weighted by atomic mass is 16.5. The molecule has 2 heterocycles. The summed E-state index contributed by atoms with van der Waals surface area (Å²) in [7, 11) is 2.95. The number of carbonyl (C=O) groups is 2. The zero-order valence-electron chi connectivity index (χ0n) is 21.9. The van der Waals surface area contributed by atoms with Gasteiger partial charge >= 0.3 is 5.97 Å². The predicted octanol–water partition coefficient (Wildman–Crippen LogP) is 5.59. The minimum absolute atomic E-state index is 0.222. The molecule has 1 amide bonds. The van der Waals surface area contributed by atoms with Crippen LogP contribution >= 0.6 is 0 Å². The molecule has 0 fully saturated rings. The van der Waals surface area contributed by atoms with Crippen LogP contribution in [0.3, 0.4) is 0 Å². The first kappa shape index (κ1) is 25.0. The molecule has 1 aliphatic heterocycles. The molecule has 0 radical (unpaired) electrons. The molecule has 0 unspecified atom stereocenters. The Morgan fingerprint density at radius 3 is 2.14 bits per heavy atom. The normalized spacial score (nSPS) is 14.7. The number of aryl methyl sites for hydroxylation is 3. The molecule has 186 valence electrons. The van der Waals surface area contributed by atoms with Crippen molar-refractivity contribution in [3.05, 3.63) is 99.0 Å². The minimum atomic E-state index is -0.521. The summed E-state index contributed by atoms with van der Waals surface area (Å²) in [6.45, 7) is 10.4. The molecule has 1 aliphatic rings. The lowest BCUT2D eigenvalue weighted by Crippen LogP contribution is -2.24. The number of amides is 1. The van der Waals surface area contributed by atoms with Gasteiger partial charge in [-0.1, -0.05) is 18.2 Å². The molecule has 1 aromatic heterocycles. The molecule has 3 aromatic rings. The summed E-state index contributed by atoms with van der Waals surface area (Å²) in [5, 5.41) is 0. The summed E-state index contributed by atoms with van der Waals surface area (Å²) in [5.41, 5.74) is 8.52. The molecule has 4 rings (SSSR count). The van der Waals surface area contributed by atoms with E-state index in [1.807, 2.05) is 50.3 Å². The molecule has 36 heavy (non-hydrogen) atoms. The van der Waals surface area contributed by atoms with Gasteiger partial charge in [0.25, 0.3) is 5.91 Å². The Balaban J connectivity index is 1.76. The molecule has 0 atom stereocenters. The third-order valence-corrected chi connectivity index (χ3v) is 6.64. The van der Waals surface area contributed by atoms with E-state index in [0.717, 1.165) is 34.0 Å². The van der Waals surface area contributed by atoms with E-state index in [2.05, 4.69) is 36.6 Å². The van der Waals surface area contributed by atoms with Crippen molar-refractivity contribution in [2.24, 2.45) is 0 Å². The lowest BCUT2D eigenvalue weighted by molar-refractivity contribution is -0.136. The maximum absolute atomic E-state index is 13.6. The van der Waals surface area contributed by atoms with E-state index in [1.54, 1.807) is 18.9 Å². The Bertz CT molecular complexity index is 1390. The fourth-order valence-corrected chi connectivity index (χ4v) is 4.90. The number of benzene rings is 2. The van der Waals surface area contributed by atoms with Crippen molar-refractivity contribution in [1.29, 1.82) is 0 Å². The van der Waals surface area contributed by atoms with Crippen LogP contribution in [0.5, 0.6) is 5.75 Å². The molecule has 6 heteroatoms. The van der Waals surface area contributed by atoms with Crippen LogP contribution in [0.4, 0.5) is 0 Å². The van der Waals surface area contributed by atoms with Crippen LogP contribution in [0.15, 0.2) is 65.4 Å². The highest BCUT2D eigenvalue weighted by molar-refractivity contribution is 6.16. The monoisotopic (exact) mass is 484 g/mol. The van der Waals surface area contributed by atoms with Crippen LogP contribution in [-0.4, -0.2) is 35.6 Å². The quantitative estimate of drug-likeness (QED) is 0.338. The fourth-order valence-electron chi connectivity index (χ4n) is 4.90. The van der Waals surface area contributed by atoms with Crippen LogP contribution in [0.1, 0.15) is 40.6 Å². The molecule has 0 N–H and O–H groups in total. The second kappa shape index (κ2) is 9.90. The van der Waals surface area contributed by atoms with Gasteiger partial charge in [0.2, 0.25) is 0 Å². The Kier molecular flexibility index (Phi) is 6.88. The van der Waals surface area contributed by atoms with Gasteiger partial charge in [0.05, 0.1) is 31.9 Å². The summed E-state index contributed by atoms with van der Waals surface area (Å²) in [6.07, 6.45) is 1.81. The molecular formula is C30H32N2O4. The molecule has 0 saturated carbocycles. The average molecular weight is 485 g/mol. The topological polar surface area (TPSA) is 60.8 Å². The summed E-state index contributed by atoms with van der Waals surface area (Å²) in [4.78, 5) is 28.0. The Morgan fingerprint density at radius 1 is 0.917 bits per heavy atom. The number of methoxy groups -OCH3 is 2. The molecule has 0 saturated heterocycles. The van der Waals surface area contributed by atoms with E-state index in [9.17, 15) is 9.59 Å². The Labute approximate surface area is 212 Å². The molecule has 2 aromatic carbocycles. The largest absolute Gasteiger partial charge is 0.497 e. The zero-order valence-corrected chi connectivity index (χ0v) is 21.9. The third kappa shape index (κ3) is 4.59. The second-order valence-corrected chi connectivity index (χ2v) is 9.26. The van der Waals surface area contributed by atoms with Crippen molar-refractivity contribution in [1.82, 2.24) is 9.47 Å². The van der Waals surface area contributed by atoms with Crippen molar-refractivity contribution in [3.63, 3.8) is 0 Å². The number of hydrogen-bond acceptors (Lipinski definition) is 4. The van der Waals surface area contributed by atoms with Crippen LogP contribution in [0, 0.1) is 27.7 Å². The van der Waals surface area contributed by atoms with Crippen molar-refractivity contribution in [2.45, 2.75) is 41.2 Å². The number of ether oxygens (including phenoxy) is 2. The summed E-state index contributed by atoms with van der Waals surface area (Å²) in [5.74, 6) is 0.00104. The summed E-state index contributed by atoms with van der Waals surface area (Å²) < 4.78 is 12.5. The number of nitrogens with zero attached hydrogens (tertiary/aromatic N) is 2. The number of aromatic nitrogens is 1. The maximum Gasteiger partial charge on any atom is 0.340 e. The SMILES string of the molecule is COC(=O)C1=C(C)N(Cc2ccc(OC)cc2)C(=O)/C1=C\c1cc(C)n(-c2cc(C)cc(C)c2)c1C. The lowest BCUT2D eigenvalue weighted by atomic mass is 10.0. The first-order chi connectivity index (χ1) is 17.1. The van der Waals surface area contributed by atoms with E-state index in [1.165, 1.54) is 18.2 Å². The van der Waals surface area contributed by atoms with E-state index in [-0.39, 0.29) is 5.91 Å². The minimum Gasteiger partial charge on any atom is -0.497 e. The van der Waals surface area contributed by atoms with Gasteiger partial charge < -0.3 is 18.9 Å². The number of hydrogen-bond donors (Lipinski definition) is 0. The average Bonchev–Trinajstić information content (AvgIpc) is 3.25. The number of allylic oxidation sites excluding steroid dienone is 1. The lowest BCUT2D eigenvalue weighted by Gasteiger charge is -2.18. The molecular weight excluding hydrogens is 452 g/mol. The van der Waals surface area contributed by atoms with Gasteiger partial charge in [-0.3, -0.25) is 4.79 Å². The summed E-state index contributed by atoms with van der Waals surface area (Å²) >= 11 is 0. The predicted molar refractivity (Wildman–Crippen MR) is 141 cm³/mol. The first-order valence-corrected chi connectivity index (χ1v) is 11.9. The van der Waals surface area contributed by atoms with Crippen LogP contribution in [0.2, 0.25) is 0 Å². The first-order valence-electron chi connectivity index (χ1n) is 11.9. The maximum atomic E-state index is 13.6. The van der Waals surface area contributed by atoms with E-state index >= 15 is 0 Å². The number of carbonyl (C=O) groups excluding carboxylic acids is 2. The van der Waals surface area contributed by atoms with Crippen LogP contribution in [0.25, 0.3) is 11.8 Å². The van der Waals surface area contributed by atoms with E-state index in [0.29, 0.717) is 23.4 Å². The van der Waals surface area contributed by atoms with Gasteiger partial charge in [-0.2, -0.15) is 0 Å². The van der Waals surface area contributed by atoms with Crippen molar-refractivity contribution in [3.8, 4) is 11.4 Å². The third-order valence-electron chi connectivity index (χ3n) is 6.64. The summed E-state index contributed by atoms with van der Waals surface area (Å²) in [6, 6.07) is 16.0. The van der Waals surface area contributed by atoms with Gasteiger partial charge in [0.1, 0.15) is 5.75 Å². The molecule has 0 spiro atoms. The fraction of sp³-hybridized carbons (Fsp3) is 0.267.